The Morgan fingerprint density at radius 2 is 2.36 bits per heavy atom. The van der Waals surface area contributed by atoms with Gasteiger partial charge in [0.25, 0.3) is 0 Å². The Balaban J connectivity index is 2.14. The molecule has 1 aromatic heterocycles. The zero-order valence-electron chi connectivity index (χ0n) is 7.57. The minimum atomic E-state index is -0.100. The summed E-state index contributed by atoms with van der Waals surface area (Å²) in [5.74, 6) is 0.268. The SMILES string of the molecule is O=C1CCOC(c2ccc(Br)nc2)C1. The molecule has 0 N–H and O–H groups in total. The van der Waals surface area contributed by atoms with E-state index >= 15 is 0 Å². The summed E-state index contributed by atoms with van der Waals surface area (Å²) in [6.07, 6.45) is 2.66. The Labute approximate surface area is 90.6 Å². The average Bonchev–Trinajstić information content (AvgIpc) is 2.19. The van der Waals surface area contributed by atoms with Gasteiger partial charge in [0.05, 0.1) is 12.7 Å². The van der Waals surface area contributed by atoms with Gasteiger partial charge in [0, 0.05) is 19.0 Å². The van der Waals surface area contributed by atoms with Gasteiger partial charge in [-0.25, -0.2) is 4.98 Å². The number of carbonyl (C=O) groups is 1. The van der Waals surface area contributed by atoms with Crippen molar-refractivity contribution in [1.29, 1.82) is 0 Å². The number of ether oxygens (including phenoxy) is 1. The molecule has 0 bridgehead atoms. The summed E-state index contributed by atoms with van der Waals surface area (Å²) in [4.78, 5) is 15.3. The fourth-order valence-corrected chi connectivity index (χ4v) is 1.71. The van der Waals surface area contributed by atoms with Crippen molar-refractivity contribution in [2.24, 2.45) is 0 Å². The lowest BCUT2D eigenvalue weighted by Crippen LogP contribution is -2.19. The van der Waals surface area contributed by atoms with E-state index in [0.29, 0.717) is 19.4 Å². The number of hydrogen-bond donors (Lipinski definition) is 0. The van der Waals surface area contributed by atoms with E-state index in [4.69, 9.17) is 4.74 Å². The fraction of sp³-hybridized carbons (Fsp3) is 0.400. The van der Waals surface area contributed by atoms with E-state index in [-0.39, 0.29) is 11.9 Å². The first-order chi connectivity index (χ1) is 6.75. The summed E-state index contributed by atoms with van der Waals surface area (Å²) in [6.45, 7) is 0.527. The normalized spacial score (nSPS) is 22.4. The maximum Gasteiger partial charge on any atom is 0.138 e. The highest BCUT2D eigenvalue weighted by Gasteiger charge is 2.21. The Kier molecular flexibility index (Phi) is 2.93. The van der Waals surface area contributed by atoms with E-state index in [1.807, 2.05) is 12.1 Å². The van der Waals surface area contributed by atoms with Gasteiger partial charge < -0.3 is 4.74 Å². The van der Waals surface area contributed by atoms with E-state index in [1.165, 1.54) is 0 Å². The Hall–Kier alpha value is -0.740. The van der Waals surface area contributed by atoms with Crippen LogP contribution in [0.3, 0.4) is 0 Å². The molecule has 1 aliphatic heterocycles. The van der Waals surface area contributed by atoms with Gasteiger partial charge in [0.2, 0.25) is 0 Å². The van der Waals surface area contributed by atoms with E-state index in [1.54, 1.807) is 6.20 Å². The molecule has 1 aliphatic rings. The number of aromatic nitrogens is 1. The molecule has 1 saturated heterocycles. The van der Waals surface area contributed by atoms with E-state index in [9.17, 15) is 4.79 Å². The van der Waals surface area contributed by atoms with Crippen LogP contribution in [-0.4, -0.2) is 17.4 Å². The van der Waals surface area contributed by atoms with Crippen molar-refractivity contribution in [1.82, 2.24) is 4.98 Å². The van der Waals surface area contributed by atoms with E-state index < -0.39 is 0 Å². The topological polar surface area (TPSA) is 39.2 Å². The van der Waals surface area contributed by atoms with Crippen LogP contribution < -0.4 is 0 Å². The summed E-state index contributed by atoms with van der Waals surface area (Å²) in [6, 6.07) is 3.79. The molecular formula is C10H10BrNO2. The van der Waals surface area contributed by atoms with Crippen LogP contribution in [0, 0.1) is 0 Å². The maximum absolute atomic E-state index is 11.2. The molecule has 0 radical (unpaired) electrons. The van der Waals surface area contributed by atoms with Gasteiger partial charge in [0.15, 0.2) is 0 Å². The van der Waals surface area contributed by atoms with Crippen molar-refractivity contribution in [2.75, 3.05) is 6.61 Å². The molecule has 0 saturated carbocycles. The lowest BCUT2D eigenvalue weighted by atomic mass is 10.0. The second kappa shape index (κ2) is 4.19. The number of hydrogen-bond acceptors (Lipinski definition) is 3. The molecule has 0 amide bonds. The summed E-state index contributed by atoms with van der Waals surface area (Å²) >= 11 is 3.26. The summed E-state index contributed by atoms with van der Waals surface area (Å²) in [7, 11) is 0. The van der Waals surface area contributed by atoms with Crippen molar-refractivity contribution in [3.8, 4) is 0 Å². The van der Waals surface area contributed by atoms with Gasteiger partial charge >= 0.3 is 0 Å². The minimum Gasteiger partial charge on any atom is -0.373 e. The molecule has 1 atom stereocenters. The highest BCUT2D eigenvalue weighted by Crippen LogP contribution is 2.25. The Morgan fingerprint density at radius 1 is 1.50 bits per heavy atom. The molecule has 1 aromatic rings. The van der Waals surface area contributed by atoms with Crippen molar-refractivity contribution in [3.63, 3.8) is 0 Å². The third-order valence-corrected chi connectivity index (χ3v) is 2.70. The molecule has 1 unspecified atom stereocenters. The number of ketones is 1. The van der Waals surface area contributed by atoms with Crippen LogP contribution in [0.5, 0.6) is 0 Å². The van der Waals surface area contributed by atoms with E-state index in [2.05, 4.69) is 20.9 Å². The zero-order valence-corrected chi connectivity index (χ0v) is 9.16. The molecule has 2 rings (SSSR count). The second-order valence-corrected chi connectivity index (χ2v) is 4.08. The smallest absolute Gasteiger partial charge is 0.138 e. The van der Waals surface area contributed by atoms with Gasteiger partial charge in [-0.2, -0.15) is 0 Å². The first kappa shape index (κ1) is 9.80. The summed E-state index contributed by atoms with van der Waals surface area (Å²) in [5, 5.41) is 0. The minimum absolute atomic E-state index is 0.100. The first-order valence-corrected chi connectivity index (χ1v) is 5.30. The lowest BCUT2D eigenvalue weighted by molar-refractivity contribution is -0.128. The number of nitrogens with zero attached hydrogens (tertiary/aromatic N) is 1. The van der Waals surface area contributed by atoms with Gasteiger partial charge in [0.1, 0.15) is 10.4 Å². The predicted octanol–water partition coefficient (Wildman–Crippen LogP) is 2.26. The molecule has 3 nitrogen and oxygen atoms in total. The summed E-state index contributed by atoms with van der Waals surface area (Å²) < 4.78 is 6.29. The first-order valence-electron chi connectivity index (χ1n) is 4.50. The van der Waals surface area contributed by atoms with Gasteiger partial charge in [-0.3, -0.25) is 4.79 Å². The van der Waals surface area contributed by atoms with Gasteiger partial charge in [-0.05, 0) is 27.6 Å². The molecule has 14 heavy (non-hydrogen) atoms. The number of carbonyl (C=O) groups excluding carboxylic acids is 1. The van der Waals surface area contributed by atoms with E-state index in [0.717, 1.165) is 10.2 Å². The molecule has 0 spiro atoms. The number of Topliss-reactive ketones (excluding diaryl/α,β-unsaturated/α-hetero) is 1. The van der Waals surface area contributed by atoms with Crippen LogP contribution >= 0.6 is 15.9 Å². The summed E-state index contributed by atoms with van der Waals surface area (Å²) in [5.41, 5.74) is 0.973. The third-order valence-electron chi connectivity index (χ3n) is 2.24. The molecule has 2 heterocycles. The van der Waals surface area contributed by atoms with Crippen LogP contribution in [0.1, 0.15) is 24.5 Å². The van der Waals surface area contributed by atoms with Crippen LogP contribution in [-0.2, 0) is 9.53 Å². The van der Waals surface area contributed by atoms with Crippen LogP contribution in [0.2, 0.25) is 0 Å². The van der Waals surface area contributed by atoms with Gasteiger partial charge in [-0.15, -0.1) is 0 Å². The molecule has 0 aromatic carbocycles. The monoisotopic (exact) mass is 255 g/mol. The Morgan fingerprint density at radius 3 is 3.00 bits per heavy atom. The van der Waals surface area contributed by atoms with Crippen molar-refractivity contribution in [2.45, 2.75) is 18.9 Å². The fourth-order valence-electron chi connectivity index (χ4n) is 1.47. The van der Waals surface area contributed by atoms with Gasteiger partial charge in [-0.1, -0.05) is 6.07 Å². The quantitative estimate of drug-likeness (QED) is 0.723. The van der Waals surface area contributed by atoms with Crippen LogP contribution in [0.25, 0.3) is 0 Å². The molecule has 1 fully saturated rings. The zero-order chi connectivity index (χ0) is 9.97. The van der Waals surface area contributed by atoms with Crippen LogP contribution in [0.4, 0.5) is 0 Å². The molecule has 0 aliphatic carbocycles. The van der Waals surface area contributed by atoms with Crippen molar-refractivity contribution in [3.05, 3.63) is 28.5 Å². The largest absolute Gasteiger partial charge is 0.373 e. The average molecular weight is 256 g/mol. The molecule has 74 valence electrons. The number of pyridine rings is 1. The third kappa shape index (κ3) is 2.19. The maximum atomic E-state index is 11.2. The van der Waals surface area contributed by atoms with Crippen molar-refractivity contribution >= 4 is 21.7 Å². The predicted molar refractivity (Wildman–Crippen MR) is 54.9 cm³/mol. The highest BCUT2D eigenvalue weighted by molar-refractivity contribution is 9.10. The van der Waals surface area contributed by atoms with Crippen molar-refractivity contribution < 1.29 is 9.53 Å². The second-order valence-electron chi connectivity index (χ2n) is 3.27. The molecular weight excluding hydrogens is 246 g/mol. The number of rotatable bonds is 1. The lowest BCUT2D eigenvalue weighted by Gasteiger charge is -2.21. The highest BCUT2D eigenvalue weighted by atomic mass is 79.9. The number of halogens is 1. The van der Waals surface area contributed by atoms with Crippen LogP contribution in [0.15, 0.2) is 22.9 Å². The Bertz CT molecular complexity index is 336. The molecule has 4 heteroatoms. The standard InChI is InChI=1S/C10H10BrNO2/c11-10-2-1-7(6-12-10)9-5-8(13)3-4-14-9/h1-2,6,9H,3-5H2.